The molecule has 0 bridgehead atoms. The van der Waals surface area contributed by atoms with Crippen LogP contribution in [0.1, 0.15) is 23.0 Å². The Morgan fingerprint density at radius 1 is 1.42 bits per heavy atom. The summed E-state index contributed by atoms with van der Waals surface area (Å²) >= 11 is 6.67. The molecule has 2 rings (SSSR count). The van der Waals surface area contributed by atoms with E-state index in [2.05, 4.69) is 37.0 Å². The van der Waals surface area contributed by atoms with Crippen LogP contribution in [0, 0.1) is 12.7 Å². The highest BCUT2D eigenvalue weighted by molar-refractivity contribution is 9.10. The van der Waals surface area contributed by atoms with Gasteiger partial charge >= 0.3 is 0 Å². The molecule has 1 aromatic heterocycles. The Hall–Kier alpha value is -0.720. The smallest absolute Gasteiger partial charge is 0.142 e. The van der Waals surface area contributed by atoms with Gasteiger partial charge in [0.25, 0.3) is 0 Å². The van der Waals surface area contributed by atoms with E-state index in [1.165, 1.54) is 0 Å². The average Bonchev–Trinajstić information content (AvgIpc) is 2.59. The van der Waals surface area contributed by atoms with Crippen LogP contribution in [0.5, 0.6) is 0 Å². The number of aromatic nitrogens is 2. The van der Waals surface area contributed by atoms with Crippen molar-refractivity contribution in [2.75, 3.05) is 0 Å². The lowest BCUT2D eigenvalue weighted by atomic mass is 10.0. The van der Waals surface area contributed by atoms with Gasteiger partial charge in [-0.05, 0) is 44.8 Å². The van der Waals surface area contributed by atoms with E-state index in [-0.39, 0.29) is 5.82 Å². The second-order valence-corrected chi connectivity index (χ2v) is 6.07. The summed E-state index contributed by atoms with van der Waals surface area (Å²) in [4.78, 5) is 0. The van der Waals surface area contributed by atoms with Gasteiger partial charge in [-0.3, -0.25) is 4.68 Å². The molecular formula is C13H14Br2FN3. The summed E-state index contributed by atoms with van der Waals surface area (Å²) in [7, 11) is 1.86. The Morgan fingerprint density at radius 2 is 2.11 bits per heavy atom. The van der Waals surface area contributed by atoms with E-state index >= 15 is 0 Å². The van der Waals surface area contributed by atoms with E-state index in [0.717, 1.165) is 15.9 Å². The summed E-state index contributed by atoms with van der Waals surface area (Å²) in [5, 5.41) is 4.31. The van der Waals surface area contributed by atoms with Crippen molar-refractivity contribution in [2.24, 2.45) is 12.8 Å². The lowest BCUT2D eigenvalue weighted by Crippen LogP contribution is -2.17. The van der Waals surface area contributed by atoms with Crippen LogP contribution in [0.4, 0.5) is 4.39 Å². The van der Waals surface area contributed by atoms with Crippen LogP contribution in [0.3, 0.4) is 0 Å². The zero-order chi connectivity index (χ0) is 14.2. The van der Waals surface area contributed by atoms with Crippen molar-refractivity contribution in [1.29, 1.82) is 0 Å². The summed E-state index contributed by atoms with van der Waals surface area (Å²) in [5.74, 6) is -0.301. The van der Waals surface area contributed by atoms with Crippen LogP contribution in [-0.2, 0) is 13.5 Å². The normalized spacial score (nSPS) is 12.7. The number of aryl methyl sites for hydroxylation is 2. The van der Waals surface area contributed by atoms with Gasteiger partial charge in [0.1, 0.15) is 5.82 Å². The van der Waals surface area contributed by atoms with Gasteiger partial charge in [0.05, 0.1) is 20.3 Å². The molecule has 0 aliphatic rings. The second-order valence-electron chi connectivity index (χ2n) is 4.42. The Labute approximate surface area is 128 Å². The molecule has 0 fully saturated rings. The average molecular weight is 391 g/mol. The van der Waals surface area contributed by atoms with Gasteiger partial charge in [-0.25, -0.2) is 4.39 Å². The molecular weight excluding hydrogens is 377 g/mol. The fourth-order valence-corrected chi connectivity index (χ4v) is 2.91. The first-order valence-corrected chi connectivity index (χ1v) is 7.38. The third kappa shape index (κ3) is 2.90. The highest BCUT2D eigenvalue weighted by Crippen LogP contribution is 2.28. The monoisotopic (exact) mass is 389 g/mol. The first-order valence-electron chi connectivity index (χ1n) is 5.79. The lowest BCUT2D eigenvalue weighted by Gasteiger charge is -2.14. The van der Waals surface area contributed by atoms with Crippen molar-refractivity contribution in [3.63, 3.8) is 0 Å². The van der Waals surface area contributed by atoms with Gasteiger partial charge in [-0.1, -0.05) is 12.1 Å². The van der Waals surface area contributed by atoms with Gasteiger partial charge in [0, 0.05) is 25.1 Å². The van der Waals surface area contributed by atoms with Crippen molar-refractivity contribution in [1.82, 2.24) is 9.78 Å². The van der Waals surface area contributed by atoms with E-state index in [9.17, 15) is 4.39 Å². The largest absolute Gasteiger partial charge is 0.324 e. The topological polar surface area (TPSA) is 43.8 Å². The van der Waals surface area contributed by atoms with E-state index in [1.807, 2.05) is 14.0 Å². The van der Waals surface area contributed by atoms with Crippen LogP contribution in [0.15, 0.2) is 27.1 Å². The molecule has 0 aliphatic carbocycles. The Balaban J connectivity index is 2.31. The van der Waals surface area contributed by atoms with Crippen molar-refractivity contribution in [3.8, 4) is 0 Å². The van der Waals surface area contributed by atoms with Crippen molar-refractivity contribution < 1.29 is 4.39 Å². The fraction of sp³-hybridized carbons (Fsp3) is 0.308. The van der Waals surface area contributed by atoms with Crippen LogP contribution < -0.4 is 5.73 Å². The van der Waals surface area contributed by atoms with Crippen LogP contribution >= 0.6 is 31.9 Å². The summed E-state index contributed by atoms with van der Waals surface area (Å²) in [6, 6.07) is 4.74. The maximum Gasteiger partial charge on any atom is 0.142 e. The highest BCUT2D eigenvalue weighted by Gasteiger charge is 2.18. The SMILES string of the molecule is Cc1nn(C)c(CC(N)c2cccc(Br)c2F)c1Br. The molecule has 3 nitrogen and oxygen atoms in total. The standard InChI is InChI=1S/C13H14Br2FN3/c1-7-12(15)11(19(2)18-7)6-10(17)8-4-3-5-9(14)13(8)16/h3-5,10H,6,17H2,1-2H3. The third-order valence-corrected chi connectivity index (χ3v) is 4.70. The Kier molecular flexibility index (Phi) is 4.43. The van der Waals surface area contributed by atoms with Gasteiger partial charge in [-0.2, -0.15) is 5.10 Å². The van der Waals surface area contributed by atoms with E-state index < -0.39 is 6.04 Å². The molecule has 1 unspecified atom stereocenters. The minimum absolute atomic E-state index is 0.301. The maximum absolute atomic E-state index is 14.0. The second kappa shape index (κ2) is 5.73. The maximum atomic E-state index is 14.0. The Morgan fingerprint density at radius 3 is 2.68 bits per heavy atom. The summed E-state index contributed by atoms with van der Waals surface area (Å²) in [6.07, 6.45) is 0.519. The van der Waals surface area contributed by atoms with Gasteiger partial charge in [-0.15, -0.1) is 0 Å². The number of benzene rings is 1. The minimum Gasteiger partial charge on any atom is -0.324 e. The minimum atomic E-state index is -0.413. The van der Waals surface area contributed by atoms with Crippen molar-refractivity contribution in [3.05, 3.63) is 49.9 Å². The molecule has 19 heavy (non-hydrogen) atoms. The first kappa shape index (κ1) is 14.7. The molecule has 6 heteroatoms. The molecule has 102 valence electrons. The Bertz CT molecular complexity index is 610. The van der Waals surface area contributed by atoms with Gasteiger partial charge < -0.3 is 5.73 Å². The predicted octanol–water partition coefficient (Wildman–Crippen LogP) is 3.64. The van der Waals surface area contributed by atoms with Crippen molar-refractivity contribution >= 4 is 31.9 Å². The molecule has 0 amide bonds. The van der Waals surface area contributed by atoms with Crippen molar-refractivity contribution in [2.45, 2.75) is 19.4 Å². The fourth-order valence-electron chi connectivity index (χ4n) is 2.03. The molecule has 0 aliphatic heterocycles. The number of nitrogens with zero attached hydrogens (tertiary/aromatic N) is 2. The molecule has 0 spiro atoms. The molecule has 2 N–H and O–H groups in total. The highest BCUT2D eigenvalue weighted by atomic mass is 79.9. The summed E-state index contributed by atoms with van der Waals surface area (Å²) < 4.78 is 17.1. The van der Waals surface area contributed by atoms with Gasteiger partial charge in [0.2, 0.25) is 0 Å². The predicted molar refractivity (Wildman–Crippen MR) is 80.4 cm³/mol. The van der Waals surface area contributed by atoms with E-state index in [4.69, 9.17) is 5.73 Å². The number of nitrogens with two attached hydrogens (primary N) is 1. The molecule has 0 saturated heterocycles. The molecule has 2 aromatic rings. The summed E-state index contributed by atoms with van der Waals surface area (Å²) in [5.41, 5.74) is 8.49. The van der Waals surface area contributed by atoms with E-state index in [0.29, 0.717) is 16.5 Å². The zero-order valence-electron chi connectivity index (χ0n) is 10.6. The lowest BCUT2D eigenvalue weighted by molar-refractivity contribution is 0.564. The first-order chi connectivity index (χ1) is 8.91. The van der Waals surface area contributed by atoms with Crippen LogP contribution in [-0.4, -0.2) is 9.78 Å². The summed E-state index contributed by atoms with van der Waals surface area (Å²) in [6.45, 7) is 1.92. The van der Waals surface area contributed by atoms with Gasteiger partial charge in [0.15, 0.2) is 0 Å². The third-order valence-electron chi connectivity index (χ3n) is 3.06. The quantitative estimate of drug-likeness (QED) is 0.869. The molecule has 0 radical (unpaired) electrons. The molecule has 1 aromatic carbocycles. The van der Waals surface area contributed by atoms with Crippen LogP contribution in [0.2, 0.25) is 0 Å². The number of halogens is 3. The molecule has 0 saturated carbocycles. The zero-order valence-corrected chi connectivity index (χ0v) is 13.8. The molecule has 1 atom stereocenters. The number of hydrogen-bond acceptors (Lipinski definition) is 2. The number of hydrogen-bond donors (Lipinski definition) is 1. The molecule has 1 heterocycles. The number of rotatable bonds is 3. The van der Waals surface area contributed by atoms with Crippen LogP contribution in [0.25, 0.3) is 0 Å². The van der Waals surface area contributed by atoms with E-state index in [1.54, 1.807) is 22.9 Å².